The van der Waals surface area contributed by atoms with E-state index < -0.39 is 0 Å². The Bertz CT molecular complexity index is 393. The van der Waals surface area contributed by atoms with Gasteiger partial charge in [0, 0.05) is 31.5 Å². The predicted octanol–water partition coefficient (Wildman–Crippen LogP) is -0.316. The molecule has 2 heterocycles. The Morgan fingerprint density at radius 1 is 1.59 bits per heavy atom. The van der Waals surface area contributed by atoms with E-state index >= 15 is 0 Å². The molecular formula is C11H16N4O2. The highest BCUT2D eigenvalue weighted by Crippen LogP contribution is 2.22. The highest BCUT2D eigenvalue weighted by Gasteiger charge is 2.31. The second kappa shape index (κ2) is 5.09. The third kappa shape index (κ3) is 2.36. The highest BCUT2D eigenvalue weighted by atomic mass is 16.3. The second-order valence-electron chi connectivity index (χ2n) is 4.02. The molecule has 0 bridgehead atoms. The number of nitrogens with zero attached hydrogens (tertiary/aromatic N) is 3. The molecular weight excluding hydrogens is 220 g/mol. The Kier molecular flexibility index (Phi) is 3.53. The third-order valence-corrected chi connectivity index (χ3v) is 2.93. The molecule has 1 aliphatic rings. The van der Waals surface area contributed by atoms with Crippen molar-refractivity contribution in [2.75, 3.05) is 18.5 Å². The van der Waals surface area contributed by atoms with Crippen molar-refractivity contribution in [1.29, 1.82) is 0 Å². The van der Waals surface area contributed by atoms with E-state index in [1.165, 1.54) is 0 Å². The number of anilines is 1. The van der Waals surface area contributed by atoms with E-state index in [9.17, 15) is 4.79 Å². The zero-order valence-corrected chi connectivity index (χ0v) is 9.76. The maximum Gasteiger partial charge on any atom is 0.242 e. The first-order valence-electron chi connectivity index (χ1n) is 5.66. The van der Waals surface area contributed by atoms with E-state index in [4.69, 9.17) is 5.11 Å². The Morgan fingerprint density at radius 2 is 2.29 bits per heavy atom. The zero-order chi connectivity index (χ0) is 12.3. The van der Waals surface area contributed by atoms with Crippen LogP contribution in [0.3, 0.4) is 0 Å². The summed E-state index contributed by atoms with van der Waals surface area (Å²) < 4.78 is 0. The summed E-state index contributed by atoms with van der Waals surface area (Å²) in [6, 6.07) is -0.181. The van der Waals surface area contributed by atoms with Crippen molar-refractivity contribution in [3.63, 3.8) is 0 Å². The third-order valence-electron chi connectivity index (χ3n) is 2.93. The van der Waals surface area contributed by atoms with Gasteiger partial charge in [-0.3, -0.25) is 4.79 Å². The predicted molar refractivity (Wildman–Crippen MR) is 62.4 cm³/mol. The molecule has 2 N–H and O–H groups in total. The minimum absolute atomic E-state index is 0.00247. The summed E-state index contributed by atoms with van der Waals surface area (Å²) in [5.41, 5.74) is 0.671. The number of rotatable bonds is 3. The summed E-state index contributed by atoms with van der Waals surface area (Å²) in [5.74, 6) is 0.547. The van der Waals surface area contributed by atoms with Crippen LogP contribution in [0.4, 0.5) is 5.95 Å². The van der Waals surface area contributed by atoms with Gasteiger partial charge in [0.05, 0.1) is 6.61 Å². The number of aromatic nitrogens is 2. The highest BCUT2D eigenvalue weighted by molar-refractivity contribution is 5.84. The van der Waals surface area contributed by atoms with Gasteiger partial charge in [-0.1, -0.05) is 0 Å². The molecule has 0 radical (unpaired) electrons. The smallest absolute Gasteiger partial charge is 0.242 e. The van der Waals surface area contributed by atoms with Gasteiger partial charge >= 0.3 is 0 Å². The van der Waals surface area contributed by atoms with Crippen molar-refractivity contribution in [3.05, 3.63) is 18.0 Å². The summed E-state index contributed by atoms with van der Waals surface area (Å²) >= 11 is 0. The number of carbonyl (C=O) groups excluding carboxylic acids is 1. The average molecular weight is 236 g/mol. The summed E-state index contributed by atoms with van der Waals surface area (Å²) in [4.78, 5) is 21.9. The van der Waals surface area contributed by atoms with Crippen LogP contribution in [0.2, 0.25) is 0 Å². The summed E-state index contributed by atoms with van der Waals surface area (Å²) in [5, 5.41) is 11.6. The molecule has 17 heavy (non-hydrogen) atoms. The molecule has 1 aromatic heterocycles. The Hall–Kier alpha value is -1.69. The number of nitrogens with one attached hydrogen (secondary N) is 1. The molecule has 1 fully saturated rings. The maximum atomic E-state index is 11.7. The van der Waals surface area contributed by atoms with Crippen LogP contribution >= 0.6 is 0 Å². The number of aliphatic hydroxyl groups is 1. The zero-order valence-electron chi connectivity index (χ0n) is 9.76. The van der Waals surface area contributed by atoms with Crippen LogP contribution in [0.5, 0.6) is 0 Å². The molecule has 2 rings (SSSR count). The Labute approximate surface area is 99.7 Å². The van der Waals surface area contributed by atoms with E-state index in [-0.39, 0.29) is 18.6 Å². The standard InChI is InChI=1S/C11H16N4O2/c1-12-10(17)9-3-2-4-15(9)11-13-5-8(7-16)6-14-11/h5-6,9,16H,2-4,7H2,1H3,(H,12,17). The van der Waals surface area contributed by atoms with E-state index in [2.05, 4.69) is 15.3 Å². The SMILES string of the molecule is CNC(=O)C1CCCN1c1ncc(CO)cn1. The molecule has 1 atom stereocenters. The number of hydrogen-bond acceptors (Lipinski definition) is 5. The van der Waals surface area contributed by atoms with Crippen LogP contribution in [0.25, 0.3) is 0 Å². The first kappa shape index (κ1) is 11.8. The molecule has 6 heteroatoms. The number of aliphatic hydroxyl groups excluding tert-OH is 1. The van der Waals surface area contributed by atoms with Crippen LogP contribution in [-0.4, -0.2) is 40.6 Å². The van der Waals surface area contributed by atoms with Crippen molar-refractivity contribution in [1.82, 2.24) is 15.3 Å². The molecule has 1 aliphatic heterocycles. The van der Waals surface area contributed by atoms with Crippen LogP contribution in [-0.2, 0) is 11.4 Å². The molecule has 6 nitrogen and oxygen atoms in total. The molecule has 0 aromatic carbocycles. The van der Waals surface area contributed by atoms with Gasteiger partial charge < -0.3 is 15.3 Å². The maximum absolute atomic E-state index is 11.7. The second-order valence-corrected chi connectivity index (χ2v) is 4.02. The van der Waals surface area contributed by atoms with Crippen molar-refractivity contribution in [2.45, 2.75) is 25.5 Å². The van der Waals surface area contributed by atoms with Gasteiger partial charge in [-0.05, 0) is 12.8 Å². The van der Waals surface area contributed by atoms with E-state index in [1.807, 2.05) is 4.90 Å². The fourth-order valence-electron chi connectivity index (χ4n) is 2.02. The van der Waals surface area contributed by atoms with Gasteiger partial charge in [-0.2, -0.15) is 0 Å². The number of amides is 1. The summed E-state index contributed by atoms with van der Waals surface area (Å²) in [7, 11) is 1.63. The molecule has 1 saturated heterocycles. The normalized spacial score (nSPS) is 19.4. The molecule has 1 aromatic rings. The lowest BCUT2D eigenvalue weighted by molar-refractivity contribution is -0.121. The van der Waals surface area contributed by atoms with Gasteiger partial charge in [-0.15, -0.1) is 0 Å². The monoisotopic (exact) mass is 236 g/mol. The number of carbonyl (C=O) groups is 1. The van der Waals surface area contributed by atoms with Crippen LogP contribution in [0.1, 0.15) is 18.4 Å². The van der Waals surface area contributed by atoms with Crippen LogP contribution < -0.4 is 10.2 Å². The van der Waals surface area contributed by atoms with Crippen LogP contribution in [0, 0.1) is 0 Å². The number of hydrogen-bond donors (Lipinski definition) is 2. The van der Waals surface area contributed by atoms with Gasteiger partial charge in [0.1, 0.15) is 6.04 Å². The van der Waals surface area contributed by atoms with Gasteiger partial charge in [0.25, 0.3) is 0 Å². The van der Waals surface area contributed by atoms with Crippen molar-refractivity contribution in [2.24, 2.45) is 0 Å². The summed E-state index contributed by atoms with van der Waals surface area (Å²) in [6.45, 7) is 0.718. The van der Waals surface area contributed by atoms with Gasteiger partial charge in [0.2, 0.25) is 11.9 Å². The largest absolute Gasteiger partial charge is 0.392 e. The minimum atomic E-state index is -0.181. The quantitative estimate of drug-likeness (QED) is 0.752. The van der Waals surface area contributed by atoms with E-state index in [0.29, 0.717) is 11.5 Å². The minimum Gasteiger partial charge on any atom is -0.392 e. The molecule has 0 spiro atoms. The fourth-order valence-corrected chi connectivity index (χ4v) is 2.02. The lowest BCUT2D eigenvalue weighted by Gasteiger charge is -2.22. The lowest BCUT2D eigenvalue weighted by atomic mass is 10.2. The first-order chi connectivity index (χ1) is 8.26. The van der Waals surface area contributed by atoms with Crippen LogP contribution in [0.15, 0.2) is 12.4 Å². The molecule has 0 aliphatic carbocycles. The summed E-state index contributed by atoms with van der Waals surface area (Å²) in [6.07, 6.45) is 4.96. The molecule has 1 unspecified atom stereocenters. The van der Waals surface area contributed by atoms with E-state index in [1.54, 1.807) is 19.4 Å². The Morgan fingerprint density at radius 3 is 2.88 bits per heavy atom. The molecule has 92 valence electrons. The van der Waals surface area contributed by atoms with Crippen molar-refractivity contribution < 1.29 is 9.90 Å². The lowest BCUT2D eigenvalue weighted by Crippen LogP contribution is -2.42. The number of likely N-dealkylation sites (N-methyl/N-ethyl adjacent to an activating group) is 1. The Balaban J connectivity index is 2.17. The first-order valence-corrected chi connectivity index (χ1v) is 5.66. The van der Waals surface area contributed by atoms with Gasteiger partial charge in [-0.25, -0.2) is 9.97 Å². The topological polar surface area (TPSA) is 78.4 Å². The average Bonchev–Trinajstić information content (AvgIpc) is 2.87. The van der Waals surface area contributed by atoms with Gasteiger partial charge in [0.15, 0.2) is 0 Å². The molecule has 1 amide bonds. The molecule has 0 saturated carbocycles. The van der Waals surface area contributed by atoms with Crippen molar-refractivity contribution >= 4 is 11.9 Å². The fraction of sp³-hybridized carbons (Fsp3) is 0.545. The van der Waals surface area contributed by atoms with Crippen molar-refractivity contribution in [3.8, 4) is 0 Å². The van der Waals surface area contributed by atoms with E-state index in [0.717, 1.165) is 19.4 Å².